The Kier molecular flexibility index (Phi) is 2.93. The maximum Gasteiger partial charge on any atom is 0.410 e. The minimum absolute atomic E-state index is 0.0251. The van der Waals surface area contributed by atoms with E-state index in [9.17, 15) is 4.79 Å². The monoisotopic (exact) mass is 254 g/mol. The first-order valence-corrected chi connectivity index (χ1v) is 6.86. The maximum absolute atomic E-state index is 12.1. The second-order valence-corrected chi connectivity index (χ2v) is 7.08. The van der Waals surface area contributed by atoms with Gasteiger partial charge in [0.25, 0.3) is 0 Å². The van der Waals surface area contributed by atoms with E-state index in [1.807, 2.05) is 27.8 Å². The Morgan fingerprint density at radius 3 is 2.11 bits per heavy atom. The molecule has 1 atom stereocenters. The molecule has 1 unspecified atom stereocenters. The number of carbonyl (C=O) groups is 1. The van der Waals surface area contributed by atoms with Crippen molar-refractivity contribution < 1.29 is 9.53 Å². The van der Waals surface area contributed by atoms with Crippen molar-refractivity contribution in [2.24, 2.45) is 11.1 Å². The molecule has 2 N–H and O–H groups in total. The minimum Gasteiger partial charge on any atom is -0.444 e. The number of nitrogens with two attached hydrogens (primary N) is 1. The van der Waals surface area contributed by atoms with Gasteiger partial charge in [0.05, 0.1) is 0 Å². The summed E-state index contributed by atoms with van der Waals surface area (Å²) >= 11 is 0. The summed E-state index contributed by atoms with van der Waals surface area (Å²) in [4.78, 5) is 13.8. The molecule has 2 fully saturated rings. The lowest BCUT2D eigenvalue weighted by molar-refractivity contribution is 0.0141. The van der Waals surface area contributed by atoms with Crippen LogP contribution in [-0.2, 0) is 4.74 Å². The minimum atomic E-state index is -0.443. The van der Waals surface area contributed by atoms with Crippen molar-refractivity contribution in [2.45, 2.75) is 70.6 Å². The van der Waals surface area contributed by atoms with Crippen LogP contribution < -0.4 is 5.73 Å². The van der Waals surface area contributed by atoms with E-state index in [4.69, 9.17) is 10.5 Å². The second kappa shape index (κ2) is 3.86. The summed E-state index contributed by atoms with van der Waals surface area (Å²) < 4.78 is 5.42. The van der Waals surface area contributed by atoms with Crippen LogP contribution in [0.15, 0.2) is 0 Å². The zero-order valence-corrected chi connectivity index (χ0v) is 12.2. The highest BCUT2D eigenvalue weighted by Gasteiger charge is 2.66. The molecular weight excluding hydrogens is 228 g/mol. The van der Waals surface area contributed by atoms with E-state index in [2.05, 4.69) is 6.92 Å². The molecule has 4 nitrogen and oxygen atoms in total. The highest BCUT2D eigenvalue weighted by atomic mass is 16.6. The van der Waals surface area contributed by atoms with Crippen molar-refractivity contribution in [3.05, 3.63) is 0 Å². The van der Waals surface area contributed by atoms with Gasteiger partial charge in [0.15, 0.2) is 0 Å². The summed E-state index contributed by atoms with van der Waals surface area (Å²) in [7, 11) is 1.82. The first-order valence-electron chi connectivity index (χ1n) is 6.86. The molecule has 0 radical (unpaired) electrons. The number of hydrogen-bond acceptors (Lipinski definition) is 3. The van der Waals surface area contributed by atoms with Gasteiger partial charge < -0.3 is 15.4 Å². The summed E-state index contributed by atoms with van der Waals surface area (Å²) in [6, 6.07) is 0.153. The normalized spacial score (nSPS) is 25.2. The first kappa shape index (κ1) is 13.7. The van der Waals surface area contributed by atoms with Crippen molar-refractivity contribution >= 4 is 6.09 Å². The summed E-state index contributed by atoms with van der Waals surface area (Å²) in [5.74, 6) is 0. The Labute approximate surface area is 110 Å². The third-order valence-corrected chi connectivity index (χ3v) is 4.63. The number of amides is 1. The van der Waals surface area contributed by atoms with Gasteiger partial charge >= 0.3 is 6.09 Å². The molecule has 0 aromatic heterocycles. The van der Waals surface area contributed by atoms with Gasteiger partial charge in [-0.25, -0.2) is 4.79 Å². The summed E-state index contributed by atoms with van der Waals surface area (Å²) in [5, 5.41) is 0. The standard InChI is InChI=1S/C14H26N2O2/c1-10(13(6-7-13)14(15)8-9-14)16(5)11(17)18-12(2,3)4/h10H,6-9,15H2,1-5H3. The fourth-order valence-corrected chi connectivity index (χ4v) is 2.96. The molecule has 0 aromatic carbocycles. The molecule has 0 bridgehead atoms. The van der Waals surface area contributed by atoms with E-state index in [-0.39, 0.29) is 23.1 Å². The van der Waals surface area contributed by atoms with Crippen LogP contribution in [0.3, 0.4) is 0 Å². The van der Waals surface area contributed by atoms with Gasteiger partial charge in [-0.2, -0.15) is 0 Å². The van der Waals surface area contributed by atoms with Crippen LogP contribution in [-0.4, -0.2) is 35.2 Å². The lowest BCUT2D eigenvalue weighted by Gasteiger charge is -2.37. The van der Waals surface area contributed by atoms with Crippen molar-refractivity contribution in [3.8, 4) is 0 Å². The predicted molar refractivity (Wildman–Crippen MR) is 71.3 cm³/mol. The third-order valence-electron chi connectivity index (χ3n) is 4.63. The Balaban J connectivity index is 2.01. The number of nitrogens with zero attached hydrogens (tertiary/aromatic N) is 1. The summed E-state index contributed by atoms with van der Waals surface area (Å²) in [5.41, 5.74) is 6.04. The Hall–Kier alpha value is -0.770. The van der Waals surface area contributed by atoms with E-state index >= 15 is 0 Å². The van der Waals surface area contributed by atoms with Gasteiger partial charge in [-0.05, 0) is 53.4 Å². The average Bonchev–Trinajstić information content (AvgIpc) is 3.07. The predicted octanol–water partition coefficient (Wildman–Crippen LogP) is 2.51. The molecule has 0 aliphatic heterocycles. The second-order valence-electron chi connectivity index (χ2n) is 7.08. The fraction of sp³-hybridized carbons (Fsp3) is 0.929. The first-order chi connectivity index (χ1) is 8.11. The van der Waals surface area contributed by atoms with Crippen LogP contribution in [0.2, 0.25) is 0 Å². The highest BCUT2D eigenvalue weighted by Crippen LogP contribution is 2.65. The Morgan fingerprint density at radius 2 is 1.78 bits per heavy atom. The number of ether oxygens (including phenoxy) is 1. The highest BCUT2D eigenvalue weighted by molar-refractivity contribution is 5.68. The number of rotatable bonds is 3. The molecule has 2 rings (SSSR count). The van der Waals surface area contributed by atoms with Crippen molar-refractivity contribution in [3.63, 3.8) is 0 Å². The average molecular weight is 254 g/mol. The zero-order valence-electron chi connectivity index (χ0n) is 12.2. The lowest BCUT2D eigenvalue weighted by atomic mass is 9.86. The van der Waals surface area contributed by atoms with Crippen LogP contribution in [0.25, 0.3) is 0 Å². The number of carbonyl (C=O) groups excluding carboxylic acids is 1. The van der Waals surface area contributed by atoms with Crippen LogP contribution >= 0.6 is 0 Å². The Morgan fingerprint density at radius 1 is 1.28 bits per heavy atom. The van der Waals surface area contributed by atoms with Crippen LogP contribution in [0.1, 0.15) is 53.4 Å². The smallest absolute Gasteiger partial charge is 0.410 e. The van der Waals surface area contributed by atoms with Gasteiger partial charge in [0.2, 0.25) is 0 Å². The molecule has 2 saturated carbocycles. The summed E-state index contributed by atoms with van der Waals surface area (Å²) in [6.07, 6.45) is 4.22. The molecule has 18 heavy (non-hydrogen) atoms. The molecule has 2 aliphatic carbocycles. The molecular formula is C14H26N2O2. The molecule has 4 heteroatoms. The fourth-order valence-electron chi connectivity index (χ4n) is 2.96. The largest absolute Gasteiger partial charge is 0.444 e. The lowest BCUT2D eigenvalue weighted by Crippen LogP contribution is -2.50. The molecule has 104 valence electrons. The topological polar surface area (TPSA) is 55.6 Å². The van der Waals surface area contributed by atoms with Crippen molar-refractivity contribution in [1.29, 1.82) is 0 Å². The van der Waals surface area contributed by atoms with E-state index in [0.29, 0.717) is 0 Å². The maximum atomic E-state index is 12.1. The SMILES string of the molecule is CC(N(C)C(=O)OC(C)(C)C)C1(C2(N)CC2)CC1. The summed E-state index contributed by atoms with van der Waals surface area (Å²) in [6.45, 7) is 7.77. The van der Waals surface area contributed by atoms with E-state index in [1.165, 1.54) is 0 Å². The van der Waals surface area contributed by atoms with Gasteiger partial charge in [0.1, 0.15) is 5.60 Å². The molecule has 0 spiro atoms. The van der Waals surface area contributed by atoms with Crippen LogP contribution in [0.4, 0.5) is 4.79 Å². The van der Waals surface area contributed by atoms with E-state index in [0.717, 1.165) is 25.7 Å². The van der Waals surface area contributed by atoms with E-state index < -0.39 is 5.60 Å². The van der Waals surface area contributed by atoms with E-state index in [1.54, 1.807) is 4.90 Å². The Bertz CT molecular complexity index is 351. The van der Waals surface area contributed by atoms with Gasteiger partial charge in [0, 0.05) is 24.0 Å². The molecule has 0 saturated heterocycles. The molecule has 0 aromatic rings. The van der Waals surface area contributed by atoms with Crippen LogP contribution in [0.5, 0.6) is 0 Å². The zero-order chi connectivity index (χ0) is 13.8. The van der Waals surface area contributed by atoms with Crippen molar-refractivity contribution in [1.82, 2.24) is 4.90 Å². The quantitative estimate of drug-likeness (QED) is 0.842. The molecule has 0 heterocycles. The van der Waals surface area contributed by atoms with Gasteiger partial charge in [-0.15, -0.1) is 0 Å². The van der Waals surface area contributed by atoms with Gasteiger partial charge in [-0.1, -0.05) is 0 Å². The van der Waals surface area contributed by atoms with Gasteiger partial charge in [-0.3, -0.25) is 0 Å². The van der Waals surface area contributed by atoms with Crippen LogP contribution in [0, 0.1) is 5.41 Å². The molecule has 1 amide bonds. The third kappa shape index (κ3) is 2.22. The van der Waals surface area contributed by atoms with Crippen molar-refractivity contribution in [2.75, 3.05) is 7.05 Å². The number of hydrogen-bond donors (Lipinski definition) is 1. The molecule has 2 aliphatic rings.